The van der Waals surface area contributed by atoms with Crippen molar-refractivity contribution < 1.29 is 4.79 Å². The fourth-order valence-corrected chi connectivity index (χ4v) is 3.22. The summed E-state index contributed by atoms with van der Waals surface area (Å²) in [6.45, 7) is 0.702. The number of hydrogen-bond acceptors (Lipinski definition) is 4. The Morgan fingerprint density at radius 3 is 2.88 bits per heavy atom. The minimum Gasteiger partial charge on any atom is -0.342 e. The molecular weight excluding hydrogens is 320 g/mol. The van der Waals surface area contributed by atoms with E-state index in [0.717, 1.165) is 29.2 Å². The number of imidazole rings is 1. The summed E-state index contributed by atoms with van der Waals surface area (Å²) in [5.41, 5.74) is 1.68. The van der Waals surface area contributed by atoms with Crippen LogP contribution in [0.3, 0.4) is 0 Å². The van der Waals surface area contributed by atoms with Gasteiger partial charge >= 0.3 is 0 Å². The quantitative estimate of drug-likeness (QED) is 0.692. The van der Waals surface area contributed by atoms with Gasteiger partial charge in [0.25, 0.3) is 5.91 Å². The molecule has 24 heavy (non-hydrogen) atoms. The van der Waals surface area contributed by atoms with Crippen molar-refractivity contribution in [1.29, 1.82) is 0 Å². The van der Waals surface area contributed by atoms with E-state index in [0.29, 0.717) is 12.1 Å². The van der Waals surface area contributed by atoms with Gasteiger partial charge in [-0.3, -0.25) is 4.79 Å². The molecule has 0 unspecified atom stereocenters. The Morgan fingerprint density at radius 1 is 1.29 bits per heavy atom. The lowest BCUT2D eigenvalue weighted by molar-refractivity contribution is 0.0793. The summed E-state index contributed by atoms with van der Waals surface area (Å²) in [7, 11) is 3.83. The summed E-state index contributed by atoms with van der Waals surface area (Å²) < 4.78 is 2.01. The zero-order valence-corrected chi connectivity index (χ0v) is 14.7. The van der Waals surface area contributed by atoms with Gasteiger partial charge in [-0.25, -0.2) is 9.97 Å². The molecule has 0 aliphatic rings. The number of carbonyl (C=O) groups excluding carboxylic acids is 1. The van der Waals surface area contributed by atoms with Crippen LogP contribution in [0.4, 0.5) is 0 Å². The molecule has 2 heterocycles. The maximum absolute atomic E-state index is 12.6. The number of hydrogen-bond donors (Lipinski definition) is 0. The molecule has 0 saturated carbocycles. The van der Waals surface area contributed by atoms with Crippen LogP contribution in [0, 0.1) is 0 Å². The topological polar surface area (TPSA) is 51.0 Å². The van der Waals surface area contributed by atoms with Crippen LogP contribution in [0.15, 0.2) is 48.2 Å². The van der Waals surface area contributed by atoms with Gasteiger partial charge < -0.3 is 9.47 Å². The van der Waals surface area contributed by atoms with Crippen molar-refractivity contribution in [3.63, 3.8) is 0 Å². The van der Waals surface area contributed by atoms with E-state index in [9.17, 15) is 4.79 Å². The number of nitrogens with zero attached hydrogens (tertiary/aromatic N) is 4. The molecule has 0 radical (unpaired) electrons. The number of carbonyl (C=O) groups is 1. The maximum Gasteiger partial charge on any atom is 0.253 e. The average molecular weight is 340 g/mol. The average Bonchev–Trinajstić information content (AvgIpc) is 3.26. The Bertz CT molecular complexity index is 810. The molecule has 1 aromatic carbocycles. The van der Waals surface area contributed by atoms with Crippen molar-refractivity contribution in [3.05, 3.63) is 59.6 Å². The van der Waals surface area contributed by atoms with Gasteiger partial charge in [-0.1, -0.05) is 12.1 Å². The van der Waals surface area contributed by atoms with E-state index in [2.05, 4.69) is 9.97 Å². The van der Waals surface area contributed by atoms with Gasteiger partial charge in [-0.05, 0) is 18.6 Å². The summed E-state index contributed by atoms with van der Waals surface area (Å²) in [5.74, 6) is 1.08. The second-order valence-electron chi connectivity index (χ2n) is 5.70. The first-order valence-corrected chi connectivity index (χ1v) is 8.74. The lowest BCUT2D eigenvalue weighted by Crippen LogP contribution is -2.28. The zero-order valence-electron chi connectivity index (χ0n) is 13.8. The summed E-state index contributed by atoms with van der Waals surface area (Å²) in [4.78, 5) is 23.0. The second kappa shape index (κ2) is 7.40. The number of thiazole rings is 1. The first-order chi connectivity index (χ1) is 11.6. The first-order valence-electron chi connectivity index (χ1n) is 7.87. The SMILES string of the molecule is CN(CCCc1nccn1C)C(=O)c1cccc(-c2nccs2)c1. The molecule has 5 nitrogen and oxygen atoms in total. The molecule has 124 valence electrons. The van der Waals surface area contributed by atoms with Crippen LogP contribution in [0.25, 0.3) is 10.6 Å². The molecule has 0 spiro atoms. The van der Waals surface area contributed by atoms with Gasteiger partial charge in [0.1, 0.15) is 10.8 Å². The first kappa shape index (κ1) is 16.4. The summed E-state index contributed by atoms with van der Waals surface area (Å²) >= 11 is 1.57. The van der Waals surface area contributed by atoms with Crippen LogP contribution in [-0.4, -0.2) is 38.9 Å². The van der Waals surface area contributed by atoms with E-state index in [1.165, 1.54) is 0 Å². The van der Waals surface area contributed by atoms with Gasteiger partial charge in [0, 0.05) is 62.2 Å². The third-order valence-electron chi connectivity index (χ3n) is 3.95. The highest BCUT2D eigenvalue weighted by Gasteiger charge is 2.13. The highest BCUT2D eigenvalue weighted by Crippen LogP contribution is 2.23. The van der Waals surface area contributed by atoms with Crippen molar-refractivity contribution in [3.8, 4) is 10.6 Å². The largest absolute Gasteiger partial charge is 0.342 e. The highest BCUT2D eigenvalue weighted by atomic mass is 32.1. The lowest BCUT2D eigenvalue weighted by Gasteiger charge is -2.17. The van der Waals surface area contributed by atoms with E-state index in [1.54, 1.807) is 28.6 Å². The van der Waals surface area contributed by atoms with Gasteiger partial charge in [0.05, 0.1) is 0 Å². The lowest BCUT2D eigenvalue weighted by atomic mass is 10.1. The Balaban J connectivity index is 1.61. The molecule has 0 fully saturated rings. The minimum atomic E-state index is 0.0354. The van der Waals surface area contributed by atoms with Gasteiger partial charge in [-0.2, -0.15) is 0 Å². The minimum absolute atomic E-state index is 0.0354. The van der Waals surface area contributed by atoms with Crippen molar-refractivity contribution >= 4 is 17.2 Å². The third kappa shape index (κ3) is 3.71. The molecule has 0 aliphatic carbocycles. The monoisotopic (exact) mass is 340 g/mol. The molecule has 6 heteroatoms. The van der Waals surface area contributed by atoms with Crippen LogP contribution in [-0.2, 0) is 13.5 Å². The van der Waals surface area contributed by atoms with Crippen molar-refractivity contribution in [1.82, 2.24) is 19.4 Å². The summed E-state index contributed by atoms with van der Waals surface area (Å²) in [6.07, 6.45) is 7.26. The predicted octanol–water partition coefficient (Wildman–Crippen LogP) is 3.25. The number of amides is 1. The Hall–Kier alpha value is -2.47. The highest BCUT2D eigenvalue weighted by molar-refractivity contribution is 7.13. The standard InChI is InChI=1S/C18H20N4OS/c1-21-11-8-19-16(21)7-4-10-22(2)18(23)15-6-3-5-14(13-15)17-20-9-12-24-17/h3,5-6,8-9,11-13H,4,7,10H2,1-2H3. The molecule has 1 amide bonds. The van der Waals surface area contributed by atoms with Crippen molar-refractivity contribution in [2.75, 3.05) is 13.6 Å². The molecule has 0 aliphatic heterocycles. The van der Waals surface area contributed by atoms with E-state index >= 15 is 0 Å². The summed E-state index contributed by atoms with van der Waals surface area (Å²) in [6, 6.07) is 7.66. The maximum atomic E-state index is 12.6. The number of aromatic nitrogens is 3. The molecule has 0 bridgehead atoms. The van der Waals surface area contributed by atoms with Crippen LogP contribution in [0.2, 0.25) is 0 Å². The number of rotatable bonds is 6. The number of aryl methyl sites for hydroxylation is 2. The predicted molar refractivity (Wildman–Crippen MR) is 96.0 cm³/mol. The molecule has 2 aromatic heterocycles. The fourth-order valence-electron chi connectivity index (χ4n) is 2.58. The molecule has 0 N–H and O–H groups in total. The fraction of sp³-hybridized carbons (Fsp3) is 0.278. The van der Waals surface area contributed by atoms with Gasteiger partial charge in [-0.15, -0.1) is 11.3 Å². The molecule has 0 atom stereocenters. The zero-order chi connectivity index (χ0) is 16.9. The Morgan fingerprint density at radius 2 is 2.17 bits per heavy atom. The van der Waals surface area contributed by atoms with Crippen LogP contribution in [0.5, 0.6) is 0 Å². The second-order valence-corrected chi connectivity index (χ2v) is 6.60. The molecule has 0 saturated heterocycles. The third-order valence-corrected chi connectivity index (χ3v) is 4.77. The van der Waals surface area contributed by atoms with Crippen molar-refractivity contribution in [2.45, 2.75) is 12.8 Å². The van der Waals surface area contributed by atoms with Crippen LogP contribution in [0.1, 0.15) is 22.6 Å². The molecular formula is C18H20N4OS. The Labute approximate surface area is 145 Å². The van der Waals surface area contributed by atoms with Crippen molar-refractivity contribution in [2.24, 2.45) is 7.05 Å². The smallest absolute Gasteiger partial charge is 0.253 e. The van der Waals surface area contributed by atoms with Gasteiger partial charge in [0.15, 0.2) is 0 Å². The van der Waals surface area contributed by atoms with Crippen LogP contribution < -0.4 is 0 Å². The molecule has 3 rings (SSSR count). The van der Waals surface area contributed by atoms with Crippen LogP contribution >= 0.6 is 11.3 Å². The van der Waals surface area contributed by atoms with E-state index in [1.807, 2.05) is 54.5 Å². The van der Waals surface area contributed by atoms with E-state index < -0.39 is 0 Å². The normalized spacial score (nSPS) is 10.8. The van der Waals surface area contributed by atoms with E-state index in [-0.39, 0.29) is 5.91 Å². The summed E-state index contributed by atoms with van der Waals surface area (Å²) in [5, 5.41) is 2.87. The van der Waals surface area contributed by atoms with Gasteiger partial charge in [0.2, 0.25) is 0 Å². The molecule has 3 aromatic rings. The van der Waals surface area contributed by atoms with E-state index in [4.69, 9.17) is 0 Å². The number of benzene rings is 1. The Kier molecular flexibility index (Phi) is 5.05.